The number of nitrogens with zero attached hydrogens (tertiary/aromatic N) is 2. The fourth-order valence-electron chi connectivity index (χ4n) is 1.95. The van der Waals surface area contributed by atoms with Gasteiger partial charge in [0.1, 0.15) is 5.69 Å². The second-order valence-electron chi connectivity index (χ2n) is 4.47. The summed E-state index contributed by atoms with van der Waals surface area (Å²) in [4.78, 5) is 24.8. The molecule has 0 aromatic carbocycles. The summed E-state index contributed by atoms with van der Waals surface area (Å²) in [6.07, 6.45) is 4.12. The Hall–Kier alpha value is -1.30. The molecule has 0 spiro atoms. The number of halogens is 1. The van der Waals surface area contributed by atoms with Crippen LogP contribution in [0.2, 0.25) is 0 Å². The lowest BCUT2D eigenvalue weighted by molar-refractivity contribution is -0.118. The summed E-state index contributed by atoms with van der Waals surface area (Å²) in [5, 5.41) is 0. The van der Waals surface area contributed by atoms with Gasteiger partial charge in [-0.1, -0.05) is 0 Å². The molecule has 98 valence electrons. The van der Waals surface area contributed by atoms with Crippen LogP contribution in [0.3, 0.4) is 0 Å². The van der Waals surface area contributed by atoms with Crippen LogP contribution in [-0.2, 0) is 4.79 Å². The average Bonchev–Trinajstić information content (AvgIpc) is 3.08. The van der Waals surface area contributed by atoms with Gasteiger partial charge in [0.25, 0.3) is 5.91 Å². The first kappa shape index (κ1) is 13.1. The standard InChI is InChI=1S/C12H16BrN3O2/c1-2-15(7-11(14)17)12(18)10-5-8(13)6-16(10)9-3-4-9/h5-6,9H,2-4,7H2,1H3,(H2,14,17). The van der Waals surface area contributed by atoms with Crippen molar-refractivity contribution >= 4 is 27.7 Å². The van der Waals surface area contributed by atoms with Crippen molar-refractivity contribution < 1.29 is 9.59 Å². The Labute approximate surface area is 114 Å². The van der Waals surface area contributed by atoms with E-state index in [2.05, 4.69) is 15.9 Å². The largest absolute Gasteiger partial charge is 0.368 e. The maximum atomic E-state index is 12.4. The molecule has 1 aliphatic rings. The van der Waals surface area contributed by atoms with Crippen molar-refractivity contribution in [2.75, 3.05) is 13.1 Å². The van der Waals surface area contributed by atoms with Gasteiger partial charge in [0.05, 0.1) is 6.54 Å². The van der Waals surface area contributed by atoms with Crippen molar-refractivity contribution in [2.24, 2.45) is 5.73 Å². The highest BCUT2D eigenvalue weighted by Crippen LogP contribution is 2.37. The predicted octanol–water partition coefficient (Wildman–Crippen LogP) is 1.53. The third-order valence-electron chi connectivity index (χ3n) is 2.99. The molecule has 1 aromatic rings. The quantitative estimate of drug-likeness (QED) is 0.895. The zero-order chi connectivity index (χ0) is 13.3. The Morgan fingerprint density at radius 2 is 2.22 bits per heavy atom. The number of primary amides is 1. The van der Waals surface area contributed by atoms with Crippen molar-refractivity contribution in [3.63, 3.8) is 0 Å². The van der Waals surface area contributed by atoms with Gasteiger partial charge < -0.3 is 15.2 Å². The van der Waals surface area contributed by atoms with Crippen molar-refractivity contribution in [2.45, 2.75) is 25.8 Å². The number of amides is 2. The maximum absolute atomic E-state index is 12.4. The van der Waals surface area contributed by atoms with Gasteiger partial charge in [0, 0.05) is 23.3 Å². The summed E-state index contributed by atoms with van der Waals surface area (Å²) in [5.41, 5.74) is 5.77. The molecule has 2 amide bonds. The van der Waals surface area contributed by atoms with E-state index in [0.29, 0.717) is 18.3 Å². The number of carbonyl (C=O) groups is 2. The lowest BCUT2D eigenvalue weighted by Crippen LogP contribution is -2.39. The first-order valence-corrected chi connectivity index (χ1v) is 6.77. The number of carbonyl (C=O) groups excluding carboxylic acids is 2. The summed E-state index contributed by atoms with van der Waals surface area (Å²) >= 11 is 3.39. The van der Waals surface area contributed by atoms with Crippen molar-refractivity contribution in [3.05, 3.63) is 22.4 Å². The number of nitrogens with two attached hydrogens (primary N) is 1. The molecule has 2 rings (SSSR count). The molecular weight excluding hydrogens is 298 g/mol. The minimum atomic E-state index is -0.492. The Morgan fingerprint density at radius 3 is 2.72 bits per heavy atom. The van der Waals surface area contributed by atoms with E-state index in [-0.39, 0.29) is 12.5 Å². The van der Waals surface area contributed by atoms with E-state index in [4.69, 9.17) is 5.73 Å². The fraction of sp³-hybridized carbons (Fsp3) is 0.500. The van der Waals surface area contributed by atoms with E-state index >= 15 is 0 Å². The van der Waals surface area contributed by atoms with Gasteiger partial charge in [-0.3, -0.25) is 9.59 Å². The fourth-order valence-corrected chi connectivity index (χ4v) is 2.39. The van der Waals surface area contributed by atoms with Gasteiger partial charge >= 0.3 is 0 Å². The molecule has 0 atom stereocenters. The van der Waals surface area contributed by atoms with Crippen LogP contribution in [0.5, 0.6) is 0 Å². The lowest BCUT2D eigenvalue weighted by Gasteiger charge is -2.19. The zero-order valence-corrected chi connectivity index (χ0v) is 11.8. The van der Waals surface area contributed by atoms with E-state index in [9.17, 15) is 9.59 Å². The summed E-state index contributed by atoms with van der Waals surface area (Å²) in [7, 11) is 0. The third-order valence-corrected chi connectivity index (χ3v) is 3.42. The van der Waals surface area contributed by atoms with Crippen LogP contribution < -0.4 is 5.73 Å². The van der Waals surface area contributed by atoms with Crippen molar-refractivity contribution in [1.82, 2.24) is 9.47 Å². The number of rotatable bonds is 5. The van der Waals surface area contributed by atoms with Crippen LogP contribution in [0.1, 0.15) is 36.3 Å². The molecule has 0 unspecified atom stereocenters. The van der Waals surface area contributed by atoms with Gasteiger partial charge in [0.15, 0.2) is 0 Å². The molecule has 1 fully saturated rings. The van der Waals surface area contributed by atoms with Crippen LogP contribution in [0.4, 0.5) is 0 Å². The van der Waals surface area contributed by atoms with E-state index in [1.54, 1.807) is 6.07 Å². The molecule has 18 heavy (non-hydrogen) atoms. The normalized spacial score (nSPS) is 14.6. The van der Waals surface area contributed by atoms with Gasteiger partial charge in [-0.2, -0.15) is 0 Å². The molecule has 2 N–H and O–H groups in total. The highest BCUT2D eigenvalue weighted by molar-refractivity contribution is 9.10. The third kappa shape index (κ3) is 2.75. The van der Waals surface area contributed by atoms with Crippen molar-refractivity contribution in [1.29, 1.82) is 0 Å². The molecule has 1 aliphatic carbocycles. The van der Waals surface area contributed by atoms with Gasteiger partial charge in [-0.15, -0.1) is 0 Å². The van der Waals surface area contributed by atoms with Crippen LogP contribution in [0, 0.1) is 0 Å². The highest BCUT2D eigenvalue weighted by Gasteiger charge is 2.29. The number of likely N-dealkylation sites (N-methyl/N-ethyl adjacent to an activating group) is 1. The molecule has 0 radical (unpaired) electrons. The SMILES string of the molecule is CCN(CC(N)=O)C(=O)c1cc(Br)cn1C1CC1. The van der Waals surface area contributed by atoms with Crippen LogP contribution in [0.15, 0.2) is 16.7 Å². The first-order valence-electron chi connectivity index (χ1n) is 5.98. The van der Waals surface area contributed by atoms with Crippen molar-refractivity contribution in [3.8, 4) is 0 Å². The van der Waals surface area contributed by atoms with E-state index < -0.39 is 5.91 Å². The predicted molar refractivity (Wildman–Crippen MR) is 71.2 cm³/mol. The topological polar surface area (TPSA) is 68.3 Å². The van der Waals surface area contributed by atoms with Crippen LogP contribution in [-0.4, -0.2) is 34.4 Å². The van der Waals surface area contributed by atoms with E-state index in [0.717, 1.165) is 17.3 Å². The average molecular weight is 314 g/mol. The van der Waals surface area contributed by atoms with Crippen LogP contribution >= 0.6 is 15.9 Å². The monoisotopic (exact) mass is 313 g/mol. The van der Waals surface area contributed by atoms with Gasteiger partial charge in [0.2, 0.25) is 5.91 Å². The highest BCUT2D eigenvalue weighted by atomic mass is 79.9. The Bertz CT molecular complexity index is 480. The minimum absolute atomic E-state index is 0.0389. The number of aromatic nitrogens is 1. The molecule has 0 saturated heterocycles. The maximum Gasteiger partial charge on any atom is 0.270 e. The molecule has 1 aromatic heterocycles. The molecule has 0 bridgehead atoms. The molecule has 1 saturated carbocycles. The number of hydrogen-bond donors (Lipinski definition) is 1. The Balaban J connectivity index is 2.23. The molecule has 1 heterocycles. The second kappa shape index (κ2) is 5.14. The molecular formula is C12H16BrN3O2. The smallest absolute Gasteiger partial charge is 0.270 e. The second-order valence-corrected chi connectivity index (χ2v) is 5.38. The number of hydrogen-bond acceptors (Lipinski definition) is 2. The Kier molecular flexibility index (Phi) is 3.75. The molecule has 6 heteroatoms. The van der Waals surface area contributed by atoms with E-state index in [1.807, 2.05) is 17.7 Å². The Morgan fingerprint density at radius 1 is 1.56 bits per heavy atom. The summed E-state index contributed by atoms with van der Waals surface area (Å²) in [5.74, 6) is -0.636. The molecule has 0 aliphatic heterocycles. The zero-order valence-electron chi connectivity index (χ0n) is 10.2. The lowest BCUT2D eigenvalue weighted by atomic mass is 10.3. The summed E-state index contributed by atoms with van der Waals surface area (Å²) in [6, 6.07) is 2.21. The van der Waals surface area contributed by atoms with Gasteiger partial charge in [-0.05, 0) is 41.8 Å². The minimum Gasteiger partial charge on any atom is -0.368 e. The van der Waals surface area contributed by atoms with Crippen LogP contribution in [0.25, 0.3) is 0 Å². The summed E-state index contributed by atoms with van der Waals surface area (Å²) in [6.45, 7) is 2.26. The first-order chi connectivity index (χ1) is 8.52. The molecule has 5 nitrogen and oxygen atoms in total. The van der Waals surface area contributed by atoms with E-state index in [1.165, 1.54) is 4.90 Å². The summed E-state index contributed by atoms with van der Waals surface area (Å²) < 4.78 is 2.86. The van der Waals surface area contributed by atoms with Gasteiger partial charge in [-0.25, -0.2) is 0 Å².